The van der Waals surface area contributed by atoms with Crippen LogP contribution in [0.4, 0.5) is 61.5 Å². The quantitative estimate of drug-likeness (QED) is 0.252. The molecule has 0 saturated heterocycles. The van der Waals surface area contributed by atoms with Gasteiger partial charge in [0.05, 0.1) is 0 Å². The normalized spacial score (nSPS) is 14.0. The second kappa shape index (κ2) is 9.24. The van der Waals surface area contributed by atoms with Gasteiger partial charge >= 0.3 is 36.0 Å². The largest absolute Gasteiger partial charge is 0.461 e. The highest BCUT2D eigenvalue weighted by Gasteiger charge is 2.73. The smallest absolute Gasteiger partial charge is 0.188 e. The Labute approximate surface area is 206 Å². The fourth-order valence-corrected chi connectivity index (χ4v) is 2.84. The molecule has 38 heavy (non-hydrogen) atoms. The lowest BCUT2D eigenvalue weighted by Crippen LogP contribution is -2.51. The maximum Gasteiger partial charge on any atom is 0.461 e. The van der Waals surface area contributed by atoms with E-state index in [0.29, 0.717) is 11.8 Å². The molecule has 0 aliphatic rings. The summed E-state index contributed by atoms with van der Waals surface area (Å²) in [5, 5.41) is -0.636. The molecule has 0 N–H and O–H groups in total. The Kier molecular flexibility index (Phi) is 7.55. The molecule has 0 fully saturated rings. The van der Waals surface area contributed by atoms with Gasteiger partial charge in [-0.25, -0.2) is 0 Å². The summed E-state index contributed by atoms with van der Waals surface area (Å²) in [7, 11) is 0. The van der Waals surface area contributed by atoms with Crippen molar-refractivity contribution in [3.8, 4) is 23.7 Å². The predicted molar refractivity (Wildman–Crippen MR) is 108 cm³/mol. The Morgan fingerprint density at radius 1 is 0.526 bits per heavy atom. The highest BCUT2D eigenvalue weighted by Crippen LogP contribution is 2.47. The van der Waals surface area contributed by atoms with Crippen molar-refractivity contribution >= 4 is 10.8 Å². The molecule has 0 bridgehead atoms. The van der Waals surface area contributed by atoms with Crippen LogP contribution in [0.15, 0.2) is 30.3 Å². The average Bonchev–Trinajstić information content (AvgIpc) is 2.73. The van der Waals surface area contributed by atoms with Crippen LogP contribution in [-0.4, -0.2) is 36.0 Å². The first kappa shape index (κ1) is 31.1. The van der Waals surface area contributed by atoms with Gasteiger partial charge in [-0.1, -0.05) is 44.7 Å². The van der Waals surface area contributed by atoms with Crippen molar-refractivity contribution in [2.75, 3.05) is 0 Å². The first-order valence-corrected chi connectivity index (χ1v) is 10.0. The number of halogens is 14. The van der Waals surface area contributed by atoms with Crippen molar-refractivity contribution in [3.63, 3.8) is 0 Å². The Morgan fingerprint density at radius 3 is 1.34 bits per heavy atom. The maximum absolute atomic E-state index is 13.7. The molecule has 0 amide bonds. The van der Waals surface area contributed by atoms with E-state index < -0.39 is 52.6 Å². The molecular weight excluding hydrogens is 554 g/mol. The van der Waals surface area contributed by atoms with Crippen molar-refractivity contribution < 1.29 is 61.5 Å². The topological polar surface area (TPSA) is 0 Å². The molecule has 0 spiro atoms. The Bertz CT molecular complexity index is 1330. The van der Waals surface area contributed by atoms with E-state index in [-0.39, 0.29) is 16.3 Å². The molecule has 0 atom stereocenters. The summed E-state index contributed by atoms with van der Waals surface area (Å²) < 4.78 is 182. The van der Waals surface area contributed by atoms with Crippen molar-refractivity contribution in [1.82, 2.24) is 0 Å². The zero-order chi connectivity index (χ0) is 29.8. The molecule has 0 nitrogen and oxygen atoms in total. The van der Waals surface area contributed by atoms with Crippen molar-refractivity contribution in [1.29, 1.82) is 0 Å². The van der Waals surface area contributed by atoms with Crippen LogP contribution in [0.3, 0.4) is 0 Å². The third kappa shape index (κ3) is 5.64. The second-order valence-corrected chi connectivity index (χ2v) is 8.97. The predicted octanol–water partition coefficient (Wildman–Crippen LogP) is 8.51. The van der Waals surface area contributed by atoms with Crippen LogP contribution in [0, 0.1) is 23.7 Å². The van der Waals surface area contributed by atoms with Crippen LogP contribution in [-0.2, 0) is 5.41 Å². The number of alkyl halides is 14. The van der Waals surface area contributed by atoms with E-state index in [1.807, 2.05) is 0 Å². The number of fused-ring (bicyclic) bond motifs is 1. The average molecular weight is 568 g/mol. The summed E-state index contributed by atoms with van der Waals surface area (Å²) in [6, 6.07) is 5.11. The van der Waals surface area contributed by atoms with Crippen molar-refractivity contribution in [2.24, 2.45) is 0 Å². The summed E-state index contributed by atoms with van der Waals surface area (Å²) in [5.41, 5.74) is -2.00. The van der Waals surface area contributed by atoms with Gasteiger partial charge in [-0.15, -0.1) is 0 Å². The molecular formula is C24H14F14. The van der Waals surface area contributed by atoms with Gasteiger partial charge in [-0.3, -0.25) is 0 Å². The zero-order valence-corrected chi connectivity index (χ0v) is 19.2. The Morgan fingerprint density at radius 2 is 0.947 bits per heavy atom. The molecule has 0 aliphatic carbocycles. The molecule has 208 valence electrons. The minimum absolute atomic E-state index is 0.127. The van der Waals surface area contributed by atoms with Crippen LogP contribution in [0.1, 0.15) is 37.5 Å². The van der Waals surface area contributed by atoms with E-state index in [4.69, 9.17) is 0 Å². The monoisotopic (exact) mass is 568 g/mol. The van der Waals surface area contributed by atoms with Crippen LogP contribution in [0.5, 0.6) is 0 Å². The molecule has 0 aromatic heterocycles. The van der Waals surface area contributed by atoms with E-state index in [0.717, 1.165) is 24.3 Å². The van der Waals surface area contributed by atoms with Crippen molar-refractivity contribution in [2.45, 2.75) is 62.2 Å². The molecule has 0 heterocycles. The van der Waals surface area contributed by atoms with Crippen LogP contribution in [0.2, 0.25) is 0 Å². The summed E-state index contributed by atoms with van der Waals surface area (Å²) in [4.78, 5) is 0. The van der Waals surface area contributed by atoms with Gasteiger partial charge in [0, 0.05) is 11.1 Å². The van der Waals surface area contributed by atoms with Crippen LogP contribution in [0.25, 0.3) is 10.8 Å². The highest BCUT2D eigenvalue weighted by molar-refractivity contribution is 5.93. The zero-order valence-electron chi connectivity index (χ0n) is 19.2. The second-order valence-electron chi connectivity index (χ2n) is 8.97. The van der Waals surface area contributed by atoms with E-state index in [9.17, 15) is 61.5 Å². The summed E-state index contributed by atoms with van der Waals surface area (Å²) in [5.74, 6) is -20.8. The minimum atomic E-state index is -6.66. The molecule has 2 rings (SSSR count). The third-order valence-electron chi connectivity index (χ3n) is 5.07. The SMILES string of the molecule is CC(C)(C)c1cc(C#CC(F)(F)C(F)(F)C(F)(F)F)c2cccc(C#CC(F)(F)C(F)(F)C(F)(F)F)c2c1. The minimum Gasteiger partial charge on any atom is -0.188 e. The van der Waals surface area contributed by atoms with Gasteiger partial charge < -0.3 is 0 Å². The lowest BCUT2D eigenvalue weighted by molar-refractivity contribution is -0.339. The maximum atomic E-state index is 13.7. The molecule has 2 aromatic rings. The van der Waals surface area contributed by atoms with Crippen LogP contribution < -0.4 is 0 Å². The molecule has 0 saturated carbocycles. The van der Waals surface area contributed by atoms with Gasteiger partial charge in [0.2, 0.25) is 0 Å². The van der Waals surface area contributed by atoms with E-state index >= 15 is 0 Å². The number of hydrogen-bond donors (Lipinski definition) is 0. The van der Waals surface area contributed by atoms with Gasteiger partial charge in [0.1, 0.15) is 0 Å². The van der Waals surface area contributed by atoms with E-state index in [1.54, 1.807) is 0 Å². The first-order chi connectivity index (χ1) is 16.8. The molecule has 0 radical (unpaired) electrons. The van der Waals surface area contributed by atoms with Gasteiger partial charge in [-0.05, 0) is 51.8 Å². The molecule has 0 unspecified atom stereocenters. The van der Waals surface area contributed by atoms with Gasteiger partial charge in [0.15, 0.2) is 0 Å². The van der Waals surface area contributed by atoms with Crippen LogP contribution >= 0.6 is 0 Å². The highest BCUT2D eigenvalue weighted by atomic mass is 19.4. The third-order valence-corrected chi connectivity index (χ3v) is 5.07. The Balaban J connectivity index is 2.83. The standard InChI is InChI=1S/C24H14F14/c1-18(2,3)15-11-14(8-10-20(27,28)22(31,32)24(36,37)38)16-6-4-5-13(17(16)12-15)7-9-19(25,26)21(29,30)23(33,34)35/h4-6,11-12H,1-3H3. The van der Waals surface area contributed by atoms with E-state index in [1.165, 1.54) is 38.7 Å². The lowest BCUT2D eigenvalue weighted by Gasteiger charge is -2.24. The Hall–Kier alpha value is -3.16. The summed E-state index contributed by atoms with van der Waals surface area (Å²) in [6.45, 7) is 4.55. The number of rotatable bonds is 2. The van der Waals surface area contributed by atoms with Gasteiger partial charge in [0.25, 0.3) is 0 Å². The number of hydrogen-bond acceptors (Lipinski definition) is 0. The van der Waals surface area contributed by atoms with Crippen molar-refractivity contribution in [3.05, 3.63) is 47.0 Å². The lowest BCUT2D eigenvalue weighted by atomic mass is 9.83. The summed E-state index contributed by atoms with van der Waals surface area (Å²) >= 11 is 0. The number of benzene rings is 2. The fourth-order valence-electron chi connectivity index (χ4n) is 2.84. The molecule has 2 aromatic carbocycles. The van der Waals surface area contributed by atoms with E-state index in [2.05, 4.69) is 0 Å². The molecule has 14 heteroatoms. The molecule has 0 aliphatic heterocycles. The summed E-state index contributed by atoms with van der Waals surface area (Å²) in [6.07, 6.45) is -13.3. The van der Waals surface area contributed by atoms with Gasteiger partial charge in [-0.2, -0.15) is 61.5 Å². The fraction of sp³-hybridized carbons (Fsp3) is 0.417. The first-order valence-electron chi connectivity index (χ1n) is 10.0.